The molecule has 0 amide bonds. The molecule has 1 aromatic rings. The molecule has 0 spiro atoms. The quantitative estimate of drug-likeness (QED) is 0.607. The van der Waals surface area contributed by atoms with Crippen molar-refractivity contribution < 1.29 is 9.53 Å². The Kier molecular flexibility index (Phi) is 6.20. The average molecular weight is 344 g/mol. The Labute approximate surface area is 126 Å². The van der Waals surface area contributed by atoms with Crippen LogP contribution in [0.1, 0.15) is 10.4 Å². The summed E-state index contributed by atoms with van der Waals surface area (Å²) in [6, 6.07) is 9.61. The van der Waals surface area contributed by atoms with E-state index in [-0.39, 0.29) is 10.8 Å². The van der Waals surface area contributed by atoms with Gasteiger partial charge in [0, 0.05) is 31.1 Å². The molecule has 0 aromatic heterocycles. The monoisotopic (exact) mass is 343 g/mol. The molecule has 1 aromatic carbocycles. The van der Waals surface area contributed by atoms with Crippen molar-refractivity contribution in [1.29, 1.82) is 0 Å². The minimum absolute atomic E-state index is 0.211. The van der Waals surface area contributed by atoms with Crippen LogP contribution in [-0.4, -0.2) is 48.6 Å². The lowest BCUT2D eigenvalue weighted by Crippen LogP contribution is -2.35. The van der Waals surface area contributed by atoms with Gasteiger partial charge in [-0.1, -0.05) is 46.3 Å². The zero-order valence-corrected chi connectivity index (χ0v) is 13.2. The molecule has 1 aliphatic heterocycles. The summed E-state index contributed by atoms with van der Waals surface area (Å²) in [6.45, 7) is 3.50. The zero-order valence-electron chi connectivity index (χ0n) is 10.8. The first kappa shape index (κ1) is 14.9. The number of benzene rings is 1. The summed E-state index contributed by atoms with van der Waals surface area (Å²) >= 11 is 5.37. The van der Waals surface area contributed by atoms with Crippen LogP contribution in [0.4, 0.5) is 0 Å². The molecule has 5 heteroatoms. The highest BCUT2D eigenvalue weighted by atomic mass is 79.9. The molecule has 2 rings (SSSR count). The Balaban J connectivity index is 1.72. The molecule has 19 heavy (non-hydrogen) atoms. The second-order valence-corrected chi connectivity index (χ2v) is 6.54. The SMILES string of the molecule is O=C(OCCN1CCSCC1)C(Br)c1ccccc1. The summed E-state index contributed by atoms with van der Waals surface area (Å²) < 4.78 is 5.33. The zero-order chi connectivity index (χ0) is 13.5. The number of nitrogens with zero attached hydrogens (tertiary/aromatic N) is 1. The highest BCUT2D eigenvalue weighted by Gasteiger charge is 2.18. The number of carbonyl (C=O) groups excluding carboxylic acids is 1. The maximum absolute atomic E-state index is 11.9. The van der Waals surface area contributed by atoms with Crippen molar-refractivity contribution in [2.75, 3.05) is 37.7 Å². The Morgan fingerprint density at radius 3 is 2.68 bits per heavy atom. The minimum Gasteiger partial charge on any atom is -0.463 e. The second kappa shape index (κ2) is 7.92. The van der Waals surface area contributed by atoms with Crippen molar-refractivity contribution in [3.63, 3.8) is 0 Å². The smallest absolute Gasteiger partial charge is 0.324 e. The molecule has 0 aliphatic carbocycles. The highest BCUT2D eigenvalue weighted by molar-refractivity contribution is 9.09. The number of hydrogen-bond acceptors (Lipinski definition) is 4. The largest absolute Gasteiger partial charge is 0.463 e. The van der Waals surface area contributed by atoms with Crippen LogP contribution in [0.3, 0.4) is 0 Å². The predicted molar refractivity (Wildman–Crippen MR) is 82.8 cm³/mol. The minimum atomic E-state index is -0.370. The molecule has 104 valence electrons. The van der Waals surface area contributed by atoms with Crippen LogP contribution in [-0.2, 0) is 9.53 Å². The van der Waals surface area contributed by atoms with Gasteiger partial charge in [-0.25, -0.2) is 0 Å². The van der Waals surface area contributed by atoms with Gasteiger partial charge < -0.3 is 4.74 Å². The van der Waals surface area contributed by atoms with Gasteiger partial charge in [0.05, 0.1) is 0 Å². The van der Waals surface area contributed by atoms with Crippen LogP contribution in [0, 0.1) is 0 Å². The van der Waals surface area contributed by atoms with E-state index in [2.05, 4.69) is 20.8 Å². The molecule has 3 nitrogen and oxygen atoms in total. The third-order valence-electron chi connectivity index (χ3n) is 3.05. The fourth-order valence-corrected chi connectivity index (χ4v) is 3.35. The van der Waals surface area contributed by atoms with E-state index in [4.69, 9.17) is 4.74 Å². The summed E-state index contributed by atoms with van der Waals surface area (Å²) in [4.78, 5) is 13.9. The van der Waals surface area contributed by atoms with E-state index >= 15 is 0 Å². The first-order valence-corrected chi connectivity index (χ1v) is 8.50. The summed E-state index contributed by atoms with van der Waals surface area (Å²) in [5.41, 5.74) is 0.932. The van der Waals surface area contributed by atoms with E-state index in [9.17, 15) is 4.79 Å². The number of ether oxygens (including phenoxy) is 1. The number of alkyl halides is 1. The topological polar surface area (TPSA) is 29.5 Å². The van der Waals surface area contributed by atoms with Gasteiger partial charge in [-0.3, -0.25) is 9.69 Å². The highest BCUT2D eigenvalue weighted by Crippen LogP contribution is 2.23. The summed E-state index contributed by atoms with van der Waals surface area (Å²) in [5.74, 6) is 2.15. The van der Waals surface area contributed by atoms with Gasteiger partial charge in [-0.15, -0.1) is 0 Å². The van der Waals surface area contributed by atoms with E-state index in [1.807, 2.05) is 42.1 Å². The molecule has 0 saturated carbocycles. The molecule has 0 radical (unpaired) electrons. The van der Waals surface area contributed by atoms with Crippen LogP contribution in [0.25, 0.3) is 0 Å². The molecular weight excluding hydrogens is 326 g/mol. The Morgan fingerprint density at radius 1 is 1.32 bits per heavy atom. The molecule has 1 heterocycles. The average Bonchev–Trinajstić information content (AvgIpc) is 2.48. The number of hydrogen-bond donors (Lipinski definition) is 0. The lowest BCUT2D eigenvalue weighted by molar-refractivity contribution is -0.143. The van der Waals surface area contributed by atoms with E-state index in [1.54, 1.807) is 0 Å². The van der Waals surface area contributed by atoms with Crippen molar-refractivity contribution in [2.24, 2.45) is 0 Å². The van der Waals surface area contributed by atoms with Gasteiger partial charge in [0.2, 0.25) is 0 Å². The maximum Gasteiger partial charge on any atom is 0.324 e. The van der Waals surface area contributed by atoms with E-state index in [0.717, 1.165) is 25.2 Å². The summed E-state index contributed by atoms with van der Waals surface area (Å²) in [6.07, 6.45) is 0. The molecule has 0 N–H and O–H groups in total. The predicted octanol–water partition coefficient (Wildman–Crippen LogP) is 2.71. The summed E-state index contributed by atoms with van der Waals surface area (Å²) in [5, 5.41) is 0. The molecule has 1 fully saturated rings. The van der Waals surface area contributed by atoms with Gasteiger partial charge in [-0.2, -0.15) is 11.8 Å². The third kappa shape index (κ3) is 4.82. The van der Waals surface area contributed by atoms with Crippen LogP contribution in [0.15, 0.2) is 30.3 Å². The van der Waals surface area contributed by atoms with Crippen molar-refractivity contribution in [1.82, 2.24) is 4.90 Å². The van der Waals surface area contributed by atoms with Gasteiger partial charge in [0.1, 0.15) is 11.4 Å². The second-order valence-electron chi connectivity index (χ2n) is 4.39. The standard InChI is InChI=1S/C14H18BrNO2S/c15-13(12-4-2-1-3-5-12)14(17)18-9-6-16-7-10-19-11-8-16/h1-5,13H,6-11H2. The van der Waals surface area contributed by atoms with E-state index in [1.165, 1.54) is 11.5 Å². The van der Waals surface area contributed by atoms with Crippen LogP contribution in [0.2, 0.25) is 0 Å². The molecule has 0 bridgehead atoms. The molecule has 1 saturated heterocycles. The lowest BCUT2D eigenvalue weighted by Gasteiger charge is -2.25. The fourth-order valence-electron chi connectivity index (χ4n) is 1.93. The molecule has 1 aliphatic rings. The first-order chi connectivity index (χ1) is 9.27. The van der Waals surface area contributed by atoms with E-state index in [0.29, 0.717) is 6.61 Å². The first-order valence-electron chi connectivity index (χ1n) is 6.43. The number of esters is 1. The molecular formula is C14H18BrNO2S. The summed E-state index contributed by atoms with van der Waals surface area (Å²) in [7, 11) is 0. The van der Waals surface area contributed by atoms with Crippen molar-refractivity contribution >= 4 is 33.7 Å². The number of rotatable bonds is 5. The Morgan fingerprint density at radius 2 is 2.00 bits per heavy atom. The van der Waals surface area contributed by atoms with Crippen LogP contribution < -0.4 is 0 Å². The lowest BCUT2D eigenvalue weighted by atomic mass is 10.1. The number of halogens is 1. The van der Waals surface area contributed by atoms with Crippen LogP contribution in [0.5, 0.6) is 0 Å². The Bertz CT molecular complexity index is 396. The van der Waals surface area contributed by atoms with E-state index < -0.39 is 0 Å². The van der Waals surface area contributed by atoms with Crippen molar-refractivity contribution in [3.05, 3.63) is 35.9 Å². The fraction of sp³-hybridized carbons (Fsp3) is 0.500. The number of carbonyl (C=O) groups is 1. The third-order valence-corrected chi connectivity index (χ3v) is 4.90. The van der Waals surface area contributed by atoms with Gasteiger partial charge in [0.25, 0.3) is 0 Å². The molecule has 1 atom stereocenters. The van der Waals surface area contributed by atoms with Crippen LogP contribution >= 0.6 is 27.7 Å². The van der Waals surface area contributed by atoms with Gasteiger partial charge >= 0.3 is 5.97 Å². The van der Waals surface area contributed by atoms with Crippen molar-refractivity contribution in [3.8, 4) is 0 Å². The molecule has 1 unspecified atom stereocenters. The van der Waals surface area contributed by atoms with Gasteiger partial charge in [-0.05, 0) is 5.56 Å². The number of thioether (sulfide) groups is 1. The maximum atomic E-state index is 11.9. The Hall–Kier alpha value is -0.520. The normalized spacial score (nSPS) is 17.9. The van der Waals surface area contributed by atoms with Gasteiger partial charge in [0.15, 0.2) is 0 Å². The van der Waals surface area contributed by atoms with Crippen molar-refractivity contribution in [2.45, 2.75) is 4.83 Å².